The maximum Gasteiger partial charge on any atom is 0.124 e. The highest BCUT2D eigenvalue weighted by molar-refractivity contribution is 9.10. The lowest BCUT2D eigenvalue weighted by Crippen LogP contribution is -2.38. The van der Waals surface area contributed by atoms with Crippen molar-refractivity contribution in [2.45, 2.75) is 18.9 Å². The van der Waals surface area contributed by atoms with E-state index in [-0.39, 0.29) is 5.60 Å². The van der Waals surface area contributed by atoms with E-state index in [9.17, 15) is 0 Å². The smallest absolute Gasteiger partial charge is 0.124 e. The fraction of sp³-hybridized carbons (Fsp3) is 0.400. The third-order valence-electron chi connectivity index (χ3n) is 2.38. The number of ether oxygens (including phenoxy) is 1. The Morgan fingerprint density at radius 3 is 3.08 bits per heavy atom. The average Bonchev–Trinajstić information content (AvgIpc) is 2.42. The molecular weight excluding hydrogens is 230 g/mol. The van der Waals surface area contributed by atoms with Crippen LogP contribution in [0.4, 0.5) is 0 Å². The molecule has 70 valence electrons. The molecular formula is C10H12BrNO. The van der Waals surface area contributed by atoms with E-state index in [4.69, 9.17) is 10.5 Å². The highest BCUT2D eigenvalue weighted by Crippen LogP contribution is 2.36. The second kappa shape index (κ2) is 3.00. The predicted molar refractivity (Wildman–Crippen MR) is 55.9 cm³/mol. The summed E-state index contributed by atoms with van der Waals surface area (Å²) in [4.78, 5) is 0. The van der Waals surface area contributed by atoms with Crippen molar-refractivity contribution >= 4 is 15.9 Å². The Morgan fingerprint density at radius 1 is 1.62 bits per heavy atom. The predicted octanol–water partition coefficient (Wildman–Crippen LogP) is 2.10. The van der Waals surface area contributed by atoms with Crippen LogP contribution in [-0.2, 0) is 6.42 Å². The lowest BCUT2D eigenvalue weighted by atomic mass is 10.00. The van der Waals surface area contributed by atoms with Crippen molar-refractivity contribution in [3.05, 3.63) is 28.2 Å². The maximum absolute atomic E-state index is 5.77. The fourth-order valence-corrected chi connectivity index (χ4v) is 1.93. The van der Waals surface area contributed by atoms with E-state index in [2.05, 4.69) is 22.0 Å². The van der Waals surface area contributed by atoms with Crippen molar-refractivity contribution in [2.75, 3.05) is 6.54 Å². The molecule has 0 amide bonds. The molecule has 0 spiro atoms. The Labute approximate surface area is 86.2 Å². The number of halogens is 1. The van der Waals surface area contributed by atoms with Crippen molar-refractivity contribution in [1.82, 2.24) is 0 Å². The van der Waals surface area contributed by atoms with E-state index in [0.29, 0.717) is 6.54 Å². The normalized spacial score (nSPS) is 25.5. The van der Waals surface area contributed by atoms with Crippen LogP contribution >= 0.6 is 15.9 Å². The lowest BCUT2D eigenvalue weighted by molar-refractivity contribution is 0.126. The molecule has 0 bridgehead atoms. The molecule has 0 radical (unpaired) electrons. The lowest BCUT2D eigenvalue weighted by Gasteiger charge is -2.21. The highest BCUT2D eigenvalue weighted by atomic mass is 79.9. The first-order valence-electron chi connectivity index (χ1n) is 4.30. The van der Waals surface area contributed by atoms with Gasteiger partial charge in [-0.1, -0.05) is 22.0 Å². The summed E-state index contributed by atoms with van der Waals surface area (Å²) in [5.74, 6) is 0.960. The van der Waals surface area contributed by atoms with Gasteiger partial charge in [-0.3, -0.25) is 0 Å². The molecule has 2 N–H and O–H groups in total. The third-order valence-corrected chi connectivity index (χ3v) is 2.88. The second-order valence-corrected chi connectivity index (χ2v) is 4.60. The van der Waals surface area contributed by atoms with Gasteiger partial charge in [0.2, 0.25) is 0 Å². The Morgan fingerprint density at radius 2 is 2.38 bits per heavy atom. The Bertz CT molecular complexity index is 340. The molecule has 0 aliphatic carbocycles. The number of nitrogens with two attached hydrogens (primary N) is 1. The van der Waals surface area contributed by atoms with Crippen LogP contribution in [0.5, 0.6) is 5.75 Å². The standard InChI is InChI=1S/C10H12BrNO/c1-10(6-12)5-7-2-3-8(11)4-9(7)13-10/h2-4H,5-6,12H2,1H3. The Kier molecular flexibility index (Phi) is 2.08. The summed E-state index contributed by atoms with van der Waals surface area (Å²) in [5, 5.41) is 0. The van der Waals surface area contributed by atoms with Gasteiger partial charge in [0, 0.05) is 17.4 Å². The van der Waals surface area contributed by atoms with Crippen LogP contribution < -0.4 is 10.5 Å². The first-order valence-corrected chi connectivity index (χ1v) is 5.10. The maximum atomic E-state index is 5.77. The molecule has 1 unspecified atom stereocenters. The van der Waals surface area contributed by atoms with Crippen LogP contribution in [-0.4, -0.2) is 12.1 Å². The molecule has 1 aliphatic heterocycles. The van der Waals surface area contributed by atoms with Crippen LogP contribution in [0, 0.1) is 0 Å². The van der Waals surface area contributed by atoms with Gasteiger partial charge in [0.1, 0.15) is 11.4 Å². The average molecular weight is 242 g/mol. The molecule has 1 aromatic rings. The van der Waals surface area contributed by atoms with Crippen LogP contribution in [0.25, 0.3) is 0 Å². The van der Waals surface area contributed by atoms with Crippen molar-refractivity contribution < 1.29 is 4.74 Å². The Hall–Kier alpha value is -0.540. The molecule has 2 rings (SSSR count). The number of hydrogen-bond donors (Lipinski definition) is 1. The van der Waals surface area contributed by atoms with Crippen LogP contribution in [0.3, 0.4) is 0 Å². The summed E-state index contributed by atoms with van der Waals surface area (Å²) in [7, 11) is 0. The number of hydrogen-bond acceptors (Lipinski definition) is 2. The van der Waals surface area contributed by atoms with E-state index < -0.39 is 0 Å². The van der Waals surface area contributed by atoms with E-state index in [1.165, 1.54) is 5.56 Å². The molecule has 1 heterocycles. The first kappa shape index (κ1) is 9.03. The van der Waals surface area contributed by atoms with Crippen molar-refractivity contribution in [2.24, 2.45) is 5.73 Å². The summed E-state index contributed by atoms with van der Waals surface area (Å²) in [5.41, 5.74) is 6.69. The van der Waals surface area contributed by atoms with Gasteiger partial charge in [-0.15, -0.1) is 0 Å². The topological polar surface area (TPSA) is 35.2 Å². The molecule has 13 heavy (non-hydrogen) atoms. The molecule has 0 saturated carbocycles. The fourth-order valence-electron chi connectivity index (χ4n) is 1.59. The quantitative estimate of drug-likeness (QED) is 0.818. The van der Waals surface area contributed by atoms with E-state index >= 15 is 0 Å². The Balaban J connectivity index is 2.35. The van der Waals surface area contributed by atoms with E-state index in [0.717, 1.165) is 16.6 Å². The van der Waals surface area contributed by atoms with Gasteiger partial charge in [0.05, 0.1) is 0 Å². The summed E-state index contributed by atoms with van der Waals surface area (Å²) >= 11 is 3.41. The molecule has 3 heteroatoms. The summed E-state index contributed by atoms with van der Waals surface area (Å²) in [6, 6.07) is 6.11. The van der Waals surface area contributed by atoms with Gasteiger partial charge < -0.3 is 10.5 Å². The minimum absolute atomic E-state index is 0.205. The van der Waals surface area contributed by atoms with Gasteiger partial charge in [-0.25, -0.2) is 0 Å². The van der Waals surface area contributed by atoms with Crippen molar-refractivity contribution in [3.63, 3.8) is 0 Å². The van der Waals surface area contributed by atoms with Crippen LogP contribution in [0.15, 0.2) is 22.7 Å². The highest BCUT2D eigenvalue weighted by Gasteiger charge is 2.33. The monoisotopic (exact) mass is 241 g/mol. The molecule has 0 aromatic heterocycles. The zero-order valence-electron chi connectivity index (χ0n) is 7.51. The third kappa shape index (κ3) is 1.58. The molecule has 1 aromatic carbocycles. The minimum atomic E-state index is -0.205. The van der Waals surface area contributed by atoms with Gasteiger partial charge in [-0.05, 0) is 24.6 Å². The number of benzene rings is 1. The first-order chi connectivity index (χ1) is 6.13. The largest absolute Gasteiger partial charge is 0.486 e. The van der Waals surface area contributed by atoms with Gasteiger partial charge in [0.25, 0.3) is 0 Å². The van der Waals surface area contributed by atoms with Gasteiger partial charge in [0.15, 0.2) is 0 Å². The molecule has 0 saturated heterocycles. The van der Waals surface area contributed by atoms with E-state index in [1.807, 2.05) is 19.1 Å². The zero-order chi connectivity index (χ0) is 9.47. The van der Waals surface area contributed by atoms with Crippen molar-refractivity contribution in [3.8, 4) is 5.75 Å². The summed E-state index contributed by atoms with van der Waals surface area (Å²) in [6.45, 7) is 2.60. The SMILES string of the molecule is CC1(CN)Cc2ccc(Br)cc2O1. The number of rotatable bonds is 1. The van der Waals surface area contributed by atoms with Crippen LogP contribution in [0.2, 0.25) is 0 Å². The summed E-state index contributed by atoms with van der Waals surface area (Å²) < 4.78 is 6.82. The van der Waals surface area contributed by atoms with E-state index in [1.54, 1.807) is 0 Å². The van der Waals surface area contributed by atoms with Crippen LogP contribution in [0.1, 0.15) is 12.5 Å². The van der Waals surface area contributed by atoms with Gasteiger partial charge in [-0.2, -0.15) is 0 Å². The molecule has 2 nitrogen and oxygen atoms in total. The molecule has 1 aliphatic rings. The van der Waals surface area contributed by atoms with Crippen molar-refractivity contribution in [1.29, 1.82) is 0 Å². The minimum Gasteiger partial charge on any atom is -0.486 e. The van der Waals surface area contributed by atoms with Gasteiger partial charge >= 0.3 is 0 Å². The zero-order valence-corrected chi connectivity index (χ0v) is 9.10. The summed E-state index contributed by atoms with van der Waals surface area (Å²) in [6.07, 6.45) is 0.909. The number of fused-ring (bicyclic) bond motifs is 1. The molecule has 0 fully saturated rings. The second-order valence-electron chi connectivity index (χ2n) is 3.68. The molecule has 1 atom stereocenters.